The van der Waals surface area contributed by atoms with E-state index in [1.807, 2.05) is 6.92 Å². The Morgan fingerprint density at radius 3 is 3.00 bits per heavy atom. The minimum absolute atomic E-state index is 0.377. The van der Waals surface area contributed by atoms with Crippen molar-refractivity contribution in [2.24, 2.45) is 0 Å². The number of hydrazine groups is 1. The van der Waals surface area contributed by atoms with E-state index >= 15 is 0 Å². The van der Waals surface area contributed by atoms with E-state index in [4.69, 9.17) is 4.74 Å². The van der Waals surface area contributed by atoms with Crippen molar-refractivity contribution in [1.29, 1.82) is 0 Å². The molecule has 1 amide bonds. The Hall–Kier alpha value is -1.45. The molecule has 0 bridgehead atoms. The molecule has 66 valence electrons. The van der Waals surface area contributed by atoms with Crippen LogP contribution in [0.2, 0.25) is 0 Å². The summed E-state index contributed by atoms with van der Waals surface area (Å²) in [5.41, 5.74) is 2.72. The van der Waals surface area contributed by atoms with Crippen LogP contribution in [0.25, 0.3) is 0 Å². The van der Waals surface area contributed by atoms with Gasteiger partial charge in [-0.1, -0.05) is 6.92 Å². The number of ether oxygens (including phenoxy) is 1. The highest BCUT2D eigenvalue weighted by Gasteiger charge is 2.10. The molecule has 0 aliphatic carbocycles. The largest absolute Gasteiger partial charge is 0.448 e. The minimum atomic E-state index is -0.377. The fourth-order valence-electron chi connectivity index (χ4n) is 0.730. The normalized spacial score (nSPS) is 14.2. The van der Waals surface area contributed by atoms with Gasteiger partial charge in [0.15, 0.2) is 0 Å². The fraction of sp³-hybridized carbons (Fsp3) is 0.375. The van der Waals surface area contributed by atoms with Gasteiger partial charge in [0.1, 0.15) is 0 Å². The lowest BCUT2D eigenvalue weighted by Crippen LogP contribution is -2.36. The van der Waals surface area contributed by atoms with Crippen molar-refractivity contribution in [3.8, 4) is 0 Å². The van der Waals surface area contributed by atoms with Crippen LogP contribution in [0.5, 0.6) is 0 Å². The third kappa shape index (κ3) is 2.30. The topological polar surface area (TPSA) is 41.6 Å². The molecular weight excluding hydrogens is 156 g/mol. The van der Waals surface area contributed by atoms with Crippen molar-refractivity contribution in [3.05, 3.63) is 24.6 Å². The van der Waals surface area contributed by atoms with Gasteiger partial charge in [-0.15, -0.1) is 0 Å². The third-order valence-corrected chi connectivity index (χ3v) is 1.28. The number of nitrogens with one attached hydrogen (secondary N) is 1. The molecule has 4 nitrogen and oxygen atoms in total. The summed E-state index contributed by atoms with van der Waals surface area (Å²) in [4.78, 5) is 11.1. The molecule has 0 atom stereocenters. The Kier molecular flexibility index (Phi) is 3.19. The lowest BCUT2D eigenvalue weighted by Gasteiger charge is -2.18. The molecule has 1 aliphatic rings. The van der Waals surface area contributed by atoms with E-state index in [1.165, 1.54) is 5.01 Å². The van der Waals surface area contributed by atoms with Gasteiger partial charge in [0.2, 0.25) is 0 Å². The van der Waals surface area contributed by atoms with Gasteiger partial charge in [-0.05, 0) is 18.6 Å². The summed E-state index contributed by atoms with van der Waals surface area (Å²) in [6.45, 7) is 2.40. The third-order valence-electron chi connectivity index (χ3n) is 1.28. The van der Waals surface area contributed by atoms with E-state index in [0.717, 1.165) is 6.42 Å². The highest BCUT2D eigenvalue weighted by Crippen LogP contribution is 1.96. The molecule has 4 heteroatoms. The number of carbonyl (C=O) groups is 1. The number of rotatable bonds is 2. The SMILES string of the molecule is CCCOC(=O)N1C=CC=CN1. The smallest absolute Gasteiger partial charge is 0.432 e. The molecule has 0 fully saturated rings. The first-order chi connectivity index (χ1) is 5.84. The number of amides is 1. The quantitative estimate of drug-likeness (QED) is 0.677. The highest BCUT2D eigenvalue weighted by molar-refractivity contribution is 5.68. The average Bonchev–Trinajstić information content (AvgIpc) is 2.15. The van der Waals surface area contributed by atoms with E-state index in [9.17, 15) is 4.79 Å². The molecule has 1 heterocycles. The van der Waals surface area contributed by atoms with Crippen molar-refractivity contribution in [2.45, 2.75) is 13.3 Å². The summed E-state index contributed by atoms with van der Waals surface area (Å²) in [6.07, 6.45) is 7.27. The lowest BCUT2D eigenvalue weighted by atomic mass is 10.5. The second-order valence-electron chi connectivity index (χ2n) is 2.31. The molecule has 12 heavy (non-hydrogen) atoms. The summed E-state index contributed by atoms with van der Waals surface area (Å²) in [7, 11) is 0. The van der Waals surface area contributed by atoms with Gasteiger partial charge in [0.25, 0.3) is 0 Å². The molecule has 0 saturated heterocycles. The van der Waals surface area contributed by atoms with Gasteiger partial charge in [-0.3, -0.25) is 5.43 Å². The van der Waals surface area contributed by atoms with Crippen molar-refractivity contribution < 1.29 is 9.53 Å². The Balaban J connectivity index is 2.32. The second-order valence-corrected chi connectivity index (χ2v) is 2.31. The first-order valence-corrected chi connectivity index (χ1v) is 3.90. The zero-order valence-electron chi connectivity index (χ0n) is 6.99. The molecule has 0 spiro atoms. The molecule has 0 radical (unpaired) electrons. The molecule has 0 aromatic rings. The maximum Gasteiger partial charge on any atom is 0.432 e. The summed E-state index contributed by atoms with van der Waals surface area (Å²) >= 11 is 0. The zero-order valence-corrected chi connectivity index (χ0v) is 6.99. The summed E-state index contributed by atoms with van der Waals surface area (Å²) < 4.78 is 4.87. The van der Waals surface area contributed by atoms with Gasteiger partial charge in [-0.2, -0.15) is 5.01 Å². The molecule has 0 unspecified atom stereocenters. The van der Waals surface area contributed by atoms with Gasteiger partial charge in [0, 0.05) is 12.4 Å². The van der Waals surface area contributed by atoms with E-state index in [1.54, 1.807) is 24.6 Å². The second kappa shape index (κ2) is 4.43. The predicted molar refractivity (Wildman–Crippen MR) is 44.9 cm³/mol. The zero-order chi connectivity index (χ0) is 8.81. The van der Waals surface area contributed by atoms with Gasteiger partial charge >= 0.3 is 6.09 Å². The van der Waals surface area contributed by atoms with Crippen LogP contribution in [-0.4, -0.2) is 17.7 Å². The Bertz CT molecular complexity index is 211. The van der Waals surface area contributed by atoms with Crippen LogP contribution in [0.3, 0.4) is 0 Å². The van der Waals surface area contributed by atoms with Crippen LogP contribution in [-0.2, 0) is 4.74 Å². The monoisotopic (exact) mass is 168 g/mol. The lowest BCUT2D eigenvalue weighted by molar-refractivity contribution is 0.108. The van der Waals surface area contributed by atoms with Crippen molar-refractivity contribution >= 4 is 6.09 Å². The number of hydrogen-bond acceptors (Lipinski definition) is 3. The van der Waals surface area contributed by atoms with Gasteiger partial charge in [0.05, 0.1) is 6.61 Å². The van der Waals surface area contributed by atoms with Crippen molar-refractivity contribution in [2.75, 3.05) is 6.61 Å². The van der Waals surface area contributed by atoms with Crippen molar-refractivity contribution in [1.82, 2.24) is 10.4 Å². The number of nitrogens with zero attached hydrogens (tertiary/aromatic N) is 1. The molecule has 0 aromatic carbocycles. The van der Waals surface area contributed by atoms with Crippen LogP contribution in [0.1, 0.15) is 13.3 Å². The first kappa shape index (κ1) is 8.64. The van der Waals surface area contributed by atoms with E-state index in [2.05, 4.69) is 5.43 Å². The Labute approximate surface area is 71.5 Å². The van der Waals surface area contributed by atoms with E-state index in [0.29, 0.717) is 6.61 Å². The number of carbonyl (C=O) groups excluding carboxylic acids is 1. The van der Waals surface area contributed by atoms with E-state index in [-0.39, 0.29) is 6.09 Å². The fourth-order valence-corrected chi connectivity index (χ4v) is 0.730. The van der Waals surface area contributed by atoms with Crippen LogP contribution < -0.4 is 5.43 Å². The summed E-state index contributed by atoms with van der Waals surface area (Å²) in [5, 5.41) is 1.29. The van der Waals surface area contributed by atoms with Crippen LogP contribution in [0, 0.1) is 0 Å². The minimum Gasteiger partial charge on any atom is -0.448 e. The van der Waals surface area contributed by atoms with Gasteiger partial charge in [-0.25, -0.2) is 4.79 Å². The van der Waals surface area contributed by atoms with Gasteiger partial charge < -0.3 is 4.74 Å². The molecular formula is C8H12N2O2. The highest BCUT2D eigenvalue weighted by atomic mass is 16.6. The first-order valence-electron chi connectivity index (χ1n) is 3.90. The van der Waals surface area contributed by atoms with Crippen molar-refractivity contribution in [3.63, 3.8) is 0 Å². The summed E-state index contributed by atoms with van der Waals surface area (Å²) in [6, 6.07) is 0. The van der Waals surface area contributed by atoms with E-state index < -0.39 is 0 Å². The number of hydrogen-bond donors (Lipinski definition) is 1. The number of allylic oxidation sites excluding steroid dienone is 2. The Morgan fingerprint density at radius 2 is 2.42 bits per heavy atom. The molecule has 1 rings (SSSR count). The van der Waals surface area contributed by atoms with Crippen LogP contribution >= 0.6 is 0 Å². The molecule has 1 aliphatic heterocycles. The summed E-state index contributed by atoms with van der Waals surface area (Å²) in [5.74, 6) is 0. The van der Waals surface area contributed by atoms with Crippen LogP contribution in [0.4, 0.5) is 4.79 Å². The average molecular weight is 168 g/mol. The maximum absolute atomic E-state index is 11.1. The standard InChI is InChI=1S/C8H12N2O2/c1-2-7-12-8(11)10-6-4-3-5-9-10/h3-6,9H,2,7H2,1H3. The predicted octanol–water partition coefficient (Wildman–Crippen LogP) is 1.38. The molecule has 0 saturated carbocycles. The molecule has 0 aromatic heterocycles. The van der Waals surface area contributed by atoms with Crippen LogP contribution in [0.15, 0.2) is 24.6 Å². The Morgan fingerprint density at radius 1 is 1.58 bits per heavy atom. The molecule has 1 N–H and O–H groups in total. The maximum atomic E-state index is 11.1.